The van der Waals surface area contributed by atoms with Gasteiger partial charge in [0.2, 0.25) is 0 Å². The number of cyclic esters (lactones) is 2. The van der Waals surface area contributed by atoms with Crippen LogP contribution in [0.2, 0.25) is 0 Å². The highest BCUT2D eigenvalue weighted by Crippen LogP contribution is 2.55. The van der Waals surface area contributed by atoms with Gasteiger partial charge in [-0.25, -0.2) is 9.59 Å². The summed E-state index contributed by atoms with van der Waals surface area (Å²) >= 11 is 0. The number of esters is 1. The minimum atomic E-state index is -0.906. The fourth-order valence-electron chi connectivity index (χ4n) is 4.51. The summed E-state index contributed by atoms with van der Waals surface area (Å²) in [4.78, 5) is 26.7. The van der Waals surface area contributed by atoms with Crippen molar-refractivity contribution in [1.29, 1.82) is 0 Å². The highest BCUT2D eigenvalue weighted by Gasteiger charge is 2.57. The third kappa shape index (κ3) is 1.92. The van der Waals surface area contributed by atoms with E-state index in [0.717, 1.165) is 27.8 Å². The Morgan fingerprint density at radius 2 is 1.30 bits per heavy atom. The molecule has 0 radical (unpaired) electrons. The van der Waals surface area contributed by atoms with E-state index in [0.29, 0.717) is 0 Å². The van der Waals surface area contributed by atoms with Crippen molar-refractivity contribution < 1.29 is 14.3 Å². The zero-order valence-electron chi connectivity index (χ0n) is 14.8. The molecular formula is C23H17NO3. The molecule has 1 amide bonds. The molecule has 0 spiro atoms. The molecule has 1 atom stereocenters. The molecule has 1 saturated heterocycles. The van der Waals surface area contributed by atoms with Crippen LogP contribution in [0.3, 0.4) is 0 Å². The second kappa shape index (κ2) is 5.55. The van der Waals surface area contributed by atoms with Gasteiger partial charge in [0.25, 0.3) is 0 Å². The average Bonchev–Trinajstić information content (AvgIpc) is 3.14. The van der Waals surface area contributed by atoms with Crippen LogP contribution in [0, 0.1) is 0 Å². The molecule has 0 saturated carbocycles. The van der Waals surface area contributed by atoms with E-state index < -0.39 is 23.6 Å². The van der Waals surface area contributed by atoms with Gasteiger partial charge >= 0.3 is 12.1 Å². The summed E-state index contributed by atoms with van der Waals surface area (Å²) in [5.74, 6) is -0.517. The molecule has 2 aliphatic rings. The molecule has 0 N–H and O–H groups in total. The Bertz CT molecular complexity index is 1030. The van der Waals surface area contributed by atoms with Crippen molar-refractivity contribution >= 4 is 12.1 Å². The lowest BCUT2D eigenvalue weighted by atomic mass is 9.78. The van der Waals surface area contributed by atoms with Gasteiger partial charge in [-0.15, -0.1) is 0 Å². The summed E-state index contributed by atoms with van der Waals surface area (Å²) in [5.41, 5.74) is 4.12. The zero-order chi connectivity index (χ0) is 18.6. The number of hydrogen-bond acceptors (Lipinski definition) is 3. The maximum Gasteiger partial charge on any atom is 0.419 e. The van der Waals surface area contributed by atoms with Gasteiger partial charge in [-0.1, -0.05) is 78.9 Å². The first-order valence-electron chi connectivity index (χ1n) is 8.95. The van der Waals surface area contributed by atoms with Crippen LogP contribution in [0.5, 0.6) is 0 Å². The summed E-state index contributed by atoms with van der Waals surface area (Å²) < 4.78 is 5.02. The van der Waals surface area contributed by atoms with Gasteiger partial charge in [0.15, 0.2) is 0 Å². The number of benzene rings is 3. The first-order chi connectivity index (χ1) is 13.2. The van der Waals surface area contributed by atoms with E-state index in [1.54, 1.807) is 11.8 Å². The fraction of sp³-hybridized carbons (Fsp3) is 0.130. The summed E-state index contributed by atoms with van der Waals surface area (Å²) in [6.07, 6.45) is -0.608. The molecule has 4 heteroatoms. The maximum absolute atomic E-state index is 12.9. The SMILES string of the molecule is C[C@H]1C(=O)OC(=O)N1C1(c2ccccc2)c2ccccc2-c2ccccc21. The molecule has 3 aromatic carbocycles. The van der Waals surface area contributed by atoms with Crippen LogP contribution in [-0.4, -0.2) is 23.0 Å². The predicted octanol–water partition coefficient (Wildman–Crippen LogP) is 4.33. The first kappa shape index (κ1) is 15.8. The highest BCUT2D eigenvalue weighted by molar-refractivity contribution is 5.98. The minimum Gasteiger partial charge on any atom is -0.375 e. The predicted molar refractivity (Wildman–Crippen MR) is 101 cm³/mol. The third-order valence-corrected chi connectivity index (χ3v) is 5.59. The van der Waals surface area contributed by atoms with Crippen LogP contribution >= 0.6 is 0 Å². The van der Waals surface area contributed by atoms with Crippen molar-refractivity contribution in [2.24, 2.45) is 0 Å². The Balaban J connectivity index is 1.94. The molecule has 0 unspecified atom stereocenters. The molecule has 0 bridgehead atoms. The first-order valence-corrected chi connectivity index (χ1v) is 8.95. The number of nitrogens with zero attached hydrogens (tertiary/aromatic N) is 1. The van der Waals surface area contributed by atoms with Gasteiger partial charge in [0.05, 0.1) is 0 Å². The molecule has 5 rings (SSSR count). The molecule has 1 aliphatic carbocycles. The Kier molecular flexibility index (Phi) is 3.25. The number of carbonyl (C=O) groups excluding carboxylic acids is 2. The van der Waals surface area contributed by atoms with Crippen LogP contribution in [-0.2, 0) is 15.1 Å². The molecule has 4 nitrogen and oxygen atoms in total. The van der Waals surface area contributed by atoms with E-state index in [1.165, 1.54) is 0 Å². The van der Waals surface area contributed by atoms with Crippen LogP contribution in [0.15, 0.2) is 78.9 Å². The average molecular weight is 355 g/mol. The molecule has 1 aliphatic heterocycles. The lowest BCUT2D eigenvalue weighted by Crippen LogP contribution is -2.51. The van der Waals surface area contributed by atoms with E-state index in [1.807, 2.05) is 66.7 Å². The Morgan fingerprint density at radius 1 is 0.778 bits per heavy atom. The largest absolute Gasteiger partial charge is 0.419 e. The van der Waals surface area contributed by atoms with Gasteiger partial charge in [0, 0.05) is 0 Å². The van der Waals surface area contributed by atoms with Gasteiger partial charge in [0.1, 0.15) is 11.6 Å². The number of fused-ring (bicyclic) bond motifs is 3. The molecule has 27 heavy (non-hydrogen) atoms. The van der Waals surface area contributed by atoms with Crippen molar-refractivity contribution in [2.45, 2.75) is 18.5 Å². The van der Waals surface area contributed by atoms with Crippen molar-refractivity contribution in [1.82, 2.24) is 4.90 Å². The number of carbonyl (C=O) groups is 2. The summed E-state index contributed by atoms with van der Waals surface area (Å²) in [5, 5.41) is 0. The summed E-state index contributed by atoms with van der Waals surface area (Å²) in [6, 6.07) is 25.3. The van der Waals surface area contributed by atoms with Crippen molar-refractivity contribution in [3.05, 3.63) is 95.6 Å². The third-order valence-electron chi connectivity index (χ3n) is 5.59. The van der Waals surface area contributed by atoms with Crippen molar-refractivity contribution in [3.8, 4) is 11.1 Å². The maximum atomic E-state index is 12.9. The molecule has 132 valence electrons. The standard InChI is InChI=1S/C23H17NO3/c1-15-21(25)27-22(26)24(15)23(16-9-3-2-4-10-16)19-13-7-5-11-17(19)18-12-6-8-14-20(18)23/h2-15H,1H3/t15-/m0/s1. The second-order valence-corrected chi connectivity index (χ2v) is 6.90. The van der Waals surface area contributed by atoms with E-state index in [2.05, 4.69) is 12.1 Å². The van der Waals surface area contributed by atoms with Gasteiger partial charge < -0.3 is 4.74 Å². The number of hydrogen-bond donors (Lipinski definition) is 0. The highest BCUT2D eigenvalue weighted by atomic mass is 16.6. The van der Waals surface area contributed by atoms with Crippen LogP contribution in [0.1, 0.15) is 23.6 Å². The number of rotatable bonds is 2. The smallest absolute Gasteiger partial charge is 0.375 e. The Hall–Kier alpha value is -3.40. The van der Waals surface area contributed by atoms with Crippen LogP contribution < -0.4 is 0 Å². The van der Waals surface area contributed by atoms with Crippen LogP contribution in [0.25, 0.3) is 11.1 Å². The van der Waals surface area contributed by atoms with Crippen molar-refractivity contribution in [2.75, 3.05) is 0 Å². The molecule has 3 aromatic rings. The van der Waals surface area contributed by atoms with Gasteiger partial charge in [-0.05, 0) is 34.7 Å². The second-order valence-electron chi connectivity index (χ2n) is 6.90. The Morgan fingerprint density at radius 3 is 1.81 bits per heavy atom. The fourth-order valence-corrected chi connectivity index (χ4v) is 4.51. The number of amides is 1. The Labute approximate surface area is 157 Å². The summed E-state index contributed by atoms with van der Waals surface area (Å²) in [6.45, 7) is 1.72. The van der Waals surface area contributed by atoms with Crippen LogP contribution in [0.4, 0.5) is 4.79 Å². The molecule has 1 heterocycles. The lowest BCUT2D eigenvalue weighted by molar-refractivity contribution is -0.135. The zero-order valence-corrected chi connectivity index (χ0v) is 14.8. The molecule has 1 fully saturated rings. The van der Waals surface area contributed by atoms with Gasteiger partial charge in [-0.3, -0.25) is 4.90 Å². The van der Waals surface area contributed by atoms with E-state index >= 15 is 0 Å². The van der Waals surface area contributed by atoms with E-state index in [-0.39, 0.29) is 0 Å². The van der Waals surface area contributed by atoms with E-state index in [9.17, 15) is 9.59 Å². The van der Waals surface area contributed by atoms with Crippen molar-refractivity contribution in [3.63, 3.8) is 0 Å². The quantitative estimate of drug-likeness (QED) is 0.508. The monoisotopic (exact) mass is 355 g/mol. The normalized spacial score (nSPS) is 19.6. The van der Waals surface area contributed by atoms with Gasteiger partial charge in [-0.2, -0.15) is 0 Å². The van der Waals surface area contributed by atoms with E-state index in [4.69, 9.17) is 4.74 Å². The summed E-state index contributed by atoms with van der Waals surface area (Å²) in [7, 11) is 0. The lowest BCUT2D eigenvalue weighted by Gasteiger charge is -2.41. The molecule has 0 aromatic heterocycles. The molecular weight excluding hydrogens is 338 g/mol. The minimum absolute atomic E-state index is 0.517. The topological polar surface area (TPSA) is 46.6 Å². The number of ether oxygens (including phenoxy) is 1.